The first-order valence-electron chi connectivity index (χ1n) is 11.0. The van der Waals surface area contributed by atoms with Gasteiger partial charge in [0.05, 0.1) is 33.2 Å². The van der Waals surface area contributed by atoms with Crippen LogP contribution in [0.15, 0.2) is 110 Å². The van der Waals surface area contributed by atoms with E-state index in [0.29, 0.717) is 0 Å². The first-order valence-corrected chi connectivity index (χ1v) is 11.0. The minimum atomic E-state index is -0.919. The summed E-state index contributed by atoms with van der Waals surface area (Å²) >= 11 is 0. The lowest BCUT2D eigenvalue weighted by atomic mass is 10.2. The summed E-state index contributed by atoms with van der Waals surface area (Å²) in [4.78, 5) is 30.2. The van der Waals surface area contributed by atoms with Gasteiger partial charge in [-0.15, -0.1) is 0 Å². The Bertz CT molecular complexity index is 1560. The Hall–Kier alpha value is -5.24. The molecule has 8 nitrogen and oxygen atoms in total. The minimum absolute atomic E-state index is 0.281. The number of fused-ring (bicyclic) bond motifs is 2. The molecular weight excluding hydrogens is 456 g/mol. The van der Waals surface area contributed by atoms with Gasteiger partial charge in [-0.25, -0.2) is 19.6 Å². The zero-order chi connectivity index (χ0) is 25.1. The van der Waals surface area contributed by atoms with Crippen molar-refractivity contribution in [1.29, 1.82) is 0 Å². The molecule has 0 saturated heterocycles. The molecule has 0 aliphatic carbocycles. The Balaban J connectivity index is 0.000000148. The summed E-state index contributed by atoms with van der Waals surface area (Å²) in [5.41, 5.74) is 6.19. The Kier molecular flexibility index (Phi) is 5.98. The van der Waals surface area contributed by atoms with E-state index in [1.807, 2.05) is 57.7 Å². The molecule has 0 atom stereocenters. The lowest BCUT2D eigenvalue weighted by molar-refractivity contribution is 0.0686. The third kappa shape index (κ3) is 4.43. The summed E-state index contributed by atoms with van der Waals surface area (Å²) in [5, 5.41) is 17.7. The molecule has 0 unspecified atom stereocenters. The molecular formula is C28H20N4O4. The van der Waals surface area contributed by atoms with Gasteiger partial charge in [0.25, 0.3) is 0 Å². The summed E-state index contributed by atoms with van der Waals surface area (Å²) in [7, 11) is 0. The summed E-state index contributed by atoms with van der Waals surface area (Å²) in [6.07, 6.45) is 3.47. The highest BCUT2D eigenvalue weighted by Crippen LogP contribution is 2.19. The number of carboxylic acid groups (broad SMARTS) is 2. The molecule has 0 aliphatic heterocycles. The van der Waals surface area contributed by atoms with Crippen LogP contribution in [0.4, 0.5) is 0 Å². The number of nitrogens with zero attached hydrogens (tertiary/aromatic N) is 4. The Labute approximate surface area is 205 Å². The highest BCUT2D eigenvalue weighted by molar-refractivity contribution is 5.88. The van der Waals surface area contributed by atoms with Crippen LogP contribution in [0, 0.1) is 0 Å². The van der Waals surface area contributed by atoms with Crippen molar-refractivity contribution in [3.05, 3.63) is 121 Å². The second-order valence-corrected chi connectivity index (χ2v) is 7.91. The van der Waals surface area contributed by atoms with Gasteiger partial charge >= 0.3 is 11.9 Å². The fourth-order valence-electron chi connectivity index (χ4n) is 3.86. The normalized spacial score (nSPS) is 10.7. The lowest BCUT2D eigenvalue weighted by Crippen LogP contribution is -1.97. The van der Waals surface area contributed by atoms with E-state index in [1.54, 1.807) is 61.2 Å². The van der Waals surface area contributed by atoms with Crippen molar-refractivity contribution in [2.45, 2.75) is 0 Å². The van der Waals surface area contributed by atoms with Crippen LogP contribution in [0.3, 0.4) is 0 Å². The van der Waals surface area contributed by atoms with E-state index >= 15 is 0 Å². The number of rotatable bonds is 4. The van der Waals surface area contributed by atoms with E-state index in [4.69, 9.17) is 10.2 Å². The lowest BCUT2D eigenvalue weighted by Gasteiger charge is -2.04. The molecule has 0 saturated carbocycles. The van der Waals surface area contributed by atoms with Crippen LogP contribution < -0.4 is 0 Å². The average Bonchev–Trinajstić information content (AvgIpc) is 3.54. The zero-order valence-corrected chi connectivity index (χ0v) is 18.9. The molecule has 0 amide bonds. The highest BCUT2D eigenvalue weighted by Gasteiger charge is 2.07. The monoisotopic (exact) mass is 476 g/mol. The third-order valence-corrected chi connectivity index (χ3v) is 5.69. The molecule has 0 radical (unpaired) electrons. The van der Waals surface area contributed by atoms with Gasteiger partial charge in [-0.3, -0.25) is 9.13 Å². The number of carbonyl (C=O) groups is 2. The van der Waals surface area contributed by atoms with Crippen LogP contribution in [-0.2, 0) is 0 Å². The van der Waals surface area contributed by atoms with Crippen molar-refractivity contribution in [2.24, 2.45) is 0 Å². The van der Waals surface area contributed by atoms with Crippen LogP contribution in [-0.4, -0.2) is 41.3 Å². The Morgan fingerprint density at radius 3 is 1.25 bits per heavy atom. The van der Waals surface area contributed by atoms with Crippen molar-refractivity contribution in [1.82, 2.24) is 19.1 Å². The number of benzene rings is 4. The largest absolute Gasteiger partial charge is 0.478 e. The van der Waals surface area contributed by atoms with Crippen LogP contribution >= 0.6 is 0 Å². The number of para-hydroxylation sites is 4. The minimum Gasteiger partial charge on any atom is -0.478 e. The molecule has 176 valence electrons. The first kappa shape index (κ1) is 22.5. The molecule has 0 aliphatic rings. The van der Waals surface area contributed by atoms with Gasteiger partial charge in [0.2, 0.25) is 0 Å². The van der Waals surface area contributed by atoms with Gasteiger partial charge in [-0.2, -0.15) is 0 Å². The predicted octanol–water partition coefficient (Wildman–Crippen LogP) is 5.45. The fourth-order valence-corrected chi connectivity index (χ4v) is 3.86. The summed E-state index contributed by atoms with van der Waals surface area (Å²) in [5.74, 6) is -1.84. The summed E-state index contributed by atoms with van der Waals surface area (Å²) < 4.78 is 3.86. The molecule has 2 N–H and O–H groups in total. The van der Waals surface area contributed by atoms with Crippen LogP contribution in [0.25, 0.3) is 33.4 Å². The maximum Gasteiger partial charge on any atom is 0.335 e. The van der Waals surface area contributed by atoms with Gasteiger partial charge < -0.3 is 10.2 Å². The number of carboxylic acids is 2. The molecule has 0 fully saturated rings. The number of imidazole rings is 2. The Morgan fingerprint density at radius 2 is 0.889 bits per heavy atom. The van der Waals surface area contributed by atoms with Crippen molar-refractivity contribution in [3.63, 3.8) is 0 Å². The maximum atomic E-state index is 10.8. The second-order valence-electron chi connectivity index (χ2n) is 7.91. The average molecular weight is 476 g/mol. The van der Waals surface area contributed by atoms with Crippen molar-refractivity contribution < 1.29 is 19.8 Å². The second kappa shape index (κ2) is 9.55. The smallest absolute Gasteiger partial charge is 0.335 e. The number of hydrogen-bond acceptors (Lipinski definition) is 4. The first-order chi connectivity index (χ1) is 17.5. The highest BCUT2D eigenvalue weighted by atomic mass is 16.4. The van der Waals surface area contributed by atoms with Crippen LogP contribution in [0.1, 0.15) is 20.7 Å². The molecule has 6 rings (SSSR count). The number of aromatic nitrogens is 4. The summed E-state index contributed by atoms with van der Waals surface area (Å²) in [6.45, 7) is 0. The van der Waals surface area contributed by atoms with E-state index in [2.05, 4.69) is 9.97 Å². The molecule has 8 heteroatoms. The third-order valence-electron chi connectivity index (χ3n) is 5.69. The van der Waals surface area contributed by atoms with Gasteiger partial charge in [-0.05, 0) is 72.8 Å². The fraction of sp³-hybridized carbons (Fsp3) is 0. The van der Waals surface area contributed by atoms with Crippen LogP contribution in [0.2, 0.25) is 0 Å². The van der Waals surface area contributed by atoms with Gasteiger partial charge in [0.15, 0.2) is 0 Å². The quantitative estimate of drug-likeness (QED) is 0.350. The van der Waals surface area contributed by atoms with E-state index in [9.17, 15) is 9.59 Å². The SMILES string of the molecule is O=C(O)c1ccc(-n2cnc3ccccc32)cc1.O=C(O)c1ccc(-n2cnc3ccccc32)cc1. The van der Waals surface area contributed by atoms with E-state index in [1.165, 1.54) is 0 Å². The van der Waals surface area contributed by atoms with Crippen molar-refractivity contribution >= 4 is 34.0 Å². The summed E-state index contributed by atoms with van der Waals surface area (Å²) in [6, 6.07) is 29.1. The number of hydrogen-bond donors (Lipinski definition) is 2. The van der Waals surface area contributed by atoms with Crippen LogP contribution in [0.5, 0.6) is 0 Å². The van der Waals surface area contributed by atoms with E-state index in [0.717, 1.165) is 33.4 Å². The van der Waals surface area contributed by atoms with Gasteiger partial charge in [-0.1, -0.05) is 24.3 Å². The molecule has 2 aromatic heterocycles. The van der Waals surface area contributed by atoms with Crippen molar-refractivity contribution in [2.75, 3.05) is 0 Å². The van der Waals surface area contributed by atoms with Gasteiger partial charge in [0, 0.05) is 11.4 Å². The van der Waals surface area contributed by atoms with E-state index < -0.39 is 11.9 Å². The van der Waals surface area contributed by atoms with Gasteiger partial charge in [0.1, 0.15) is 12.7 Å². The number of aromatic carboxylic acids is 2. The zero-order valence-electron chi connectivity index (χ0n) is 18.9. The molecule has 2 heterocycles. The topological polar surface area (TPSA) is 110 Å². The van der Waals surface area contributed by atoms with Crippen molar-refractivity contribution in [3.8, 4) is 11.4 Å². The molecule has 36 heavy (non-hydrogen) atoms. The molecule has 6 aromatic rings. The predicted molar refractivity (Wildman–Crippen MR) is 136 cm³/mol. The maximum absolute atomic E-state index is 10.8. The standard InChI is InChI=1S/2C14H10N2O2/c2*17-14(18)10-5-7-11(8-6-10)16-9-15-12-3-1-2-4-13(12)16/h2*1-9H,(H,17,18). The Morgan fingerprint density at radius 1 is 0.528 bits per heavy atom. The molecule has 0 bridgehead atoms. The molecule has 0 spiro atoms. The van der Waals surface area contributed by atoms with E-state index in [-0.39, 0.29) is 11.1 Å². The molecule has 4 aromatic carbocycles.